The largest absolute Gasteiger partial charge is 0.251 e. The molecule has 0 aliphatic heterocycles. The van der Waals surface area contributed by atoms with E-state index in [4.69, 9.17) is 0 Å². The lowest BCUT2D eigenvalue weighted by molar-refractivity contribution is -0.115. The summed E-state index contributed by atoms with van der Waals surface area (Å²) in [5.74, 6) is -2.47. The Kier molecular flexibility index (Phi) is 2.74. The smallest absolute Gasteiger partial charge is 0.207 e. The van der Waals surface area contributed by atoms with Gasteiger partial charge in [0, 0.05) is 12.3 Å². The highest BCUT2D eigenvalue weighted by Gasteiger charge is 2.44. The lowest BCUT2D eigenvalue weighted by Gasteiger charge is -2.36. The first-order valence-electron chi connectivity index (χ1n) is 4.81. The Labute approximate surface area is 73.3 Å². The molecule has 1 rings (SSSR count). The maximum absolute atomic E-state index is 13.4. The molecule has 0 N–H and O–H groups in total. The van der Waals surface area contributed by atoms with Crippen molar-refractivity contribution in [2.24, 2.45) is 17.8 Å². The van der Waals surface area contributed by atoms with Gasteiger partial charge in [0.15, 0.2) is 0 Å². The molecule has 0 aromatic heterocycles. The van der Waals surface area contributed by atoms with Gasteiger partial charge in [-0.25, -0.2) is 8.78 Å². The fraction of sp³-hybridized carbons (Fsp3) is 1.00. The molecule has 12 heavy (non-hydrogen) atoms. The number of hydrogen-bond donors (Lipinski definition) is 0. The third kappa shape index (κ3) is 1.96. The first-order valence-corrected chi connectivity index (χ1v) is 4.81. The molecule has 0 heterocycles. The van der Waals surface area contributed by atoms with E-state index in [0.29, 0.717) is 6.42 Å². The van der Waals surface area contributed by atoms with Crippen LogP contribution in [0, 0.1) is 17.8 Å². The number of halogens is 2. The highest BCUT2D eigenvalue weighted by atomic mass is 19.3. The topological polar surface area (TPSA) is 0 Å². The Morgan fingerprint density at radius 3 is 2.25 bits per heavy atom. The van der Waals surface area contributed by atoms with Crippen molar-refractivity contribution in [3.05, 3.63) is 0 Å². The van der Waals surface area contributed by atoms with Gasteiger partial charge < -0.3 is 0 Å². The molecule has 0 aromatic carbocycles. The second-order valence-electron chi connectivity index (χ2n) is 4.50. The van der Waals surface area contributed by atoms with Crippen LogP contribution >= 0.6 is 0 Å². The van der Waals surface area contributed by atoms with Crippen molar-refractivity contribution in [3.63, 3.8) is 0 Å². The molecule has 2 atom stereocenters. The highest BCUT2D eigenvalue weighted by Crippen LogP contribution is 2.44. The molecule has 2 heteroatoms. The van der Waals surface area contributed by atoms with E-state index in [2.05, 4.69) is 0 Å². The van der Waals surface area contributed by atoms with Crippen LogP contribution in [0.2, 0.25) is 0 Å². The zero-order valence-electron chi connectivity index (χ0n) is 8.11. The molecule has 1 fully saturated rings. The molecular weight excluding hydrogens is 158 g/mol. The van der Waals surface area contributed by atoms with Crippen molar-refractivity contribution in [1.29, 1.82) is 0 Å². The molecule has 0 saturated heterocycles. The molecular formula is C10H18F2. The Hall–Kier alpha value is -0.140. The van der Waals surface area contributed by atoms with Crippen LogP contribution in [0.1, 0.15) is 40.0 Å². The summed E-state index contributed by atoms with van der Waals surface area (Å²) in [7, 11) is 0. The van der Waals surface area contributed by atoms with Gasteiger partial charge in [-0.15, -0.1) is 0 Å². The lowest BCUT2D eigenvalue weighted by atomic mass is 9.75. The van der Waals surface area contributed by atoms with Crippen LogP contribution in [0.15, 0.2) is 0 Å². The highest BCUT2D eigenvalue weighted by molar-refractivity contribution is 4.86. The third-order valence-electron chi connectivity index (χ3n) is 2.94. The van der Waals surface area contributed by atoms with Crippen molar-refractivity contribution >= 4 is 0 Å². The number of hydrogen-bond acceptors (Lipinski definition) is 0. The summed E-state index contributed by atoms with van der Waals surface area (Å²) in [5.41, 5.74) is 0. The predicted molar refractivity (Wildman–Crippen MR) is 46.3 cm³/mol. The zero-order chi connectivity index (χ0) is 9.35. The lowest BCUT2D eigenvalue weighted by Crippen LogP contribution is -2.37. The van der Waals surface area contributed by atoms with Crippen molar-refractivity contribution in [3.8, 4) is 0 Å². The first-order chi connectivity index (χ1) is 5.43. The minimum Gasteiger partial charge on any atom is -0.207 e. The molecule has 0 bridgehead atoms. The van der Waals surface area contributed by atoms with Gasteiger partial charge in [-0.1, -0.05) is 27.2 Å². The summed E-state index contributed by atoms with van der Waals surface area (Å²) in [4.78, 5) is 0. The predicted octanol–water partition coefficient (Wildman–Crippen LogP) is 3.71. The third-order valence-corrected chi connectivity index (χ3v) is 2.94. The quantitative estimate of drug-likeness (QED) is 0.571. The summed E-state index contributed by atoms with van der Waals surface area (Å²) in [6.45, 7) is 5.72. The summed E-state index contributed by atoms with van der Waals surface area (Å²) in [6, 6.07) is 0. The Morgan fingerprint density at radius 1 is 1.25 bits per heavy atom. The van der Waals surface area contributed by atoms with Crippen LogP contribution in [0.5, 0.6) is 0 Å². The van der Waals surface area contributed by atoms with Crippen LogP contribution in [0.3, 0.4) is 0 Å². The van der Waals surface area contributed by atoms with Crippen LogP contribution in [-0.2, 0) is 0 Å². The van der Waals surface area contributed by atoms with Crippen LogP contribution in [0.25, 0.3) is 0 Å². The standard InChI is InChI=1S/C10H18F2/c1-7(2)9-5-4-8(3)6-10(9,11)12/h7-9H,4-6H2,1-3H3/t8-,9+/m0/s1. The Balaban J connectivity index is 2.64. The maximum atomic E-state index is 13.4. The van der Waals surface area contributed by atoms with Crippen molar-refractivity contribution in [2.75, 3.05) is 0 Å². The fourth-order valence-corrected chi connectivity index (χ4v) is 2.21. The van der Waals surface area contributed by atoms with E-state index < -0.39 is 5.92 Å². The van der Waals surface area contributed by atoms with E-state index in [0.717, 1.165) is 6.42 Å². The van der Waals surface area contributed by atoms with E-state index in [1.54, 1.807) is 0 Å². The van der Waals surface area contributed by atoms with Crippen LogP contribution in [-0.4, -0.2) is 5.92 Å². The summed E-state index contributed by atoms with van der Waals surface area (Å²) >= 11 is 0. The molecule has 0 unspecified atom stereocenters. The molecule has 0 spiro atoms. The Morgan fingerprint density at radius 2 is 1.83 bits per heavy atom. The van der Waals surface area contributed by atoms with Gasteiger partial charge in [-0.3, -0.25) is 0 Å². The van der Waals surface area contributed by atoms with Gasteiger partial charge >= 0.3 is 0 Å². The average Bonchev–Trinajstić information content (AvgIpc) is 1.82. The minimum atomic E-state index is -2.41. The van der Waals surface area contributed by atoms with Gasteiger partial charge in [0.2, 0.25) is 0 Å². The van der Waals surface area contributed by atoms with E-state index in [1.165, 1.54) is 0 Å². The maximum Gasteiger partial charge on any atom is 0.251 e. The average molecular weight is 176 g/mol. The van der Waals surface area contributed by atoms with E-state index in [1.807, 2.05) is 20.8 Å². The van der Waals surface area contributed by atoms with Crippen LogP contribution < -0.4 is 0 Å². The van der Waals surface area contributed by atoms with Crippen LogP contribution in [0.4, 0.5) is 8.78 Å². The number of rotatable bonds is 1. The second kappa shape index (κ2) is 3.31. The summed E-state index contributed by atoms with van der Waals surface area (Å²) in [5, 5.41) is 0. The molecule has 0 aromatic rings. The summed E-state index contributed by atoms with van der Waals surface area (Å²) < 4.78 is 26.7. The van der Waals surface area contributed by atoms with E-state index in [-0.39, 0.29) is 24.2 Å². The number of alkyl halides is 2. The molecule has 1 aliphatic carbocycles. The van der Waals surface area contributed by atoms with Gasteiger partial charge in [-0.05, 0) is 18.3 Å². The molecule has 1 aliphatic rings. The van der Waals surface area contributed by atoms with Gasteiger partial charge in [0.1, 0.15) is 0 Å². The molecule has 1 saturated carbocycles. The first kappa shape index (κ1) is 9.94. The van der Waals surface area contributed by atoms with Crippen molar-refractivity contribution in [1.82, 2.24) is 0 Å². The molecule has 0 amide bonds. The molecule has 0 nitrogen and oxygen atoms in total. The summed E-state index contributed by atoms with van der Waals surface area (Å²) in [6.07, 6.45) is 1.76. The fourth-order valence-electron chi connectivity index (χ4n) is 2.21. The second-order valence-corrected chi connectivity index (χ2v) is 4.50. The van der Waals surface area contributed by atoms with E-state index in [9.17, 15) is 8.78 Å². The normalized spacial score (nSPS) is 35.5. The van der Waals surface area contributed by atoms with Gasteiger partial charge in [-0.2, -0.15) is 0 Å². The van der Waals surface area contributed by atoms with Crippen molar-refractivity contribution in [2.45, 2.75) is 46.0 Å². The zero-order valence-corrected chi connectivity index (χ0v) is 8.11. The SMILES string of the molecule is CC(C)[C@H]1CC[C@H](C)CC1(F)F. The minimum absolute atomic E-state index is 0.0931. The van der Waals surface area contributed by atoms with Gasteiger partial charge in [0.25, 0.3) is 5.92 Å². The van der Waals surface area contributed by atoms with E-state index >= 15 is 0 Å². The Bertz CT molecular complexity index is 152. The van der Waals surface area contributed by atoms with Gasteiger partial charge in [0.05, 0.1) is 0 Å². The molecule has 0 radical (unpaired) electrons. The van der Waals surface area contributed by atoms with Crippen molar-refractivity contribution < 1.29 is 8.78 Å². The molecule has 72 valence electrons. The monoisotopic (exact) mass is 176 g/mol.